The van der Waals surface area contributed by atoms with E-state index in [-0.39, 0.29) is 18.0 Å². The first-order valence-corrected chi connectivity index (χ1v) is 10.9. The topological polar surface area (TPSA) is 62.4 Å². The number of hydrogen-bond acceptors (Lipinski definition) is 4. The van der Waals surface area contributed by atoms with E-state index in [1.807, 2.05) is 13.0 Å². The van der Waals surface area contributed by atoms with Crippen molar-refractivity contribution >= 4 is 11.6 Å². The zero-order chi connectivity index (χ0) is 19.8. The highest BCUT2D eigenvalue weighted by molar-refractivity contribution is 5.95. The molecular weight excluding hydrogens is 362 g/mol. The van der Waals surface area contributed by atoms with E-state index in [0.717, 1.165) is 36.5 Å². The van der Waals surface area contributed by atoms with Gasteiger partial charge in [0.05, 0.1) is 12.6 Å². The normalized spacial score (nSPS) is 24.9. The van der Waals surface area contributed by atoms with Gasteiger partial charge in [-0.3, -0.25) is 4.79 Å². The molecule has 5 heteroatoms. The highest BCUT2D eigenvalue weighted by Gasteiger charge is 2.40. The fourth-order valence-corrected chi connectivity index (χ4v) is 4.72. The van der Waals surface area contributed by atoms with Gasteiger partial charge in [0, 0.05) is 29.8 Å². The van der Waals surface area contributed by atoms with E-state index >= 15 is 0 Å². The van der Waals surface area contributed by atoms with Crippen LogP contribution in [0.5, 0.6) is 5.75 Å². The molecule has 3 unspecified atom stereocenters. The number of anilines is 1. The van der Waals surface area contributed by atoms with E-state index in [1.54, 1.807) is 0 Å². The van der Waals surface area contributed by atoms with Gasteiger partial charge in [-0.05, 0) is 80.1 Å². The van der Waals surface area contributed by atoms with Gasteiger partial charge < -0.3 is 20.7 Å². The van der Waals surface area contributed by atoms with E-state index in [9.17, 15) is 4.79 Å². The van der Waals surface area contributed by atoms with Gasteiger partial charge in [-0.2, -0.15) is 0 Å². The summed E-state index contributed by atoms with van der Waals surface area (Å²) in [6.45, 7) is 4.49. The number of nitrogens with one attached hydrogen (secondary N) is 3. The molecule has 1 saturated carbocycles. The Morgan fingerprint density at radius 2 is 1.93 bits per heavy atom. The van der Waals surface area contributed by atoms with Gasteiger partial charge in [0.15, 0.2) is 0 Å². The van der Waals surface area contributed by atoms with Gasteiger partial charge in [-0.1, -0.05) is 12.1 Å². The molecule has 1 amide bonds. The van der Waals surface area contributed by atoms with Crippen LogP contribution in [0.2, 0.25) is 0 Å². The van der Waals surface area contributed by atoms with Crippen LogP contribution in [0.3, 0.4) is 0 Å². The van der Waals surface area contributed by atoms with E-state index in [4.69, 9.17) is 4.74 Å². The van der Waals surface area contributed by atoms with E-state index in [1.165, 1.54) is 24.0 Å². The standard InChI is InChI=1S/C24H29N3O2/c1-2-29-18-8-5-16(6-9-18)22-19-11-12-25-23(19)20-13-17(7-10-21(20)27-22)24(28)26-14-15-3-4-15/h5-10,13,15,19,22-23,25,27H,2-4,11-12,14H2,1H3,(H,26,28). The first-order chi connectivity index (χ1) is 14.2. The molecule has 0 radical (unpaired) electrons. The summed E-state index contributed by atoms with van der Waals surface area (Å²) in [5.74, 6) is 2.11. The van der Waals surface area contributed by atoms with Crippen LogP contribution >= 0.6 is 0 Å². The van der Waals surface area contributed by atoms with Gasteiger partial charge in [0.1, 0.15) is 5.75 Å². The van der Waals surface area contributed by atoms with Crippen molar-refractivity contribution in [1.82, 2.24) is 10.6 Å². The highest BCUT2D eigenvalue weighted by atomic mass is 16.5. The number of hydrogen-bond donors (Lipinski definition) is 3. The minimum Gasteiger partial charge on any atom is -0.494 e. The zero-order valence-corrected chi connectivity index (χ0v) is 16.9. The predicted molar refractivity (Wildman–Crippen MR) is 114 cm³/mol. The fraction of sp³-hybridized carbons (Fsp3) is 0.458. The Hall–Kier alpha value is -2.53. The second kappa shape index (κ2) is 7.71. The molecule has 3 N–H and O–H groups in total. The highest BCUT2D eigenvalue weighted by Crippen LogP contribution is 2.47. The molecule has 5 nitrogen and oxygen atoms in total. The van der Waals surface area contributed by atoms with Crippen LogP contribution in [0.4, 0.5) is 5.69 Å². The maximum absolute atomic E-state index is 12.6. The van der Waals surface area contributed by atoms with Crippen LogP contribution < -0.4 is 20.7 Å². The molecule has 1 aliphatic carbocycles. The van der Waals surface area contributed by atoms with E-state index in [2.05, 4.69) is 52.3 Å². The van der Waals surface area contributed by atoms with Gasteiger partial charge >= 0.3 is 0 Å². The number of carbonyl (C=O) groups excluding carboxylic acids is 1. The maximum Gasteiger partial charge on any atom is 0.251 e. The van der Waals surface area contributed by atoms with Crippen molar-refractivity contribution in [2.75, 3.05) is 25.0 Å². The Kier molecular flexibility index (Phi) is 4.92. The maximum atomic E-state index is 12.6. The molecule has 2 heterocycles. The number of amides is 1. The van der Waals surface area contributed by atoms with E-state index < -0.39 is 0 Å². The molecular formula is C24H29N3O2. The Balaban J connectivity index is 1.39. The third kappa shape index (κ3) is 3.71. The minimum atomic E-state index is 0.0443. The van der Waals surface area contributed by atoms with Crippen molar-refractivity contribution in [3.8, 4) is 5.75 Å². The molecule has 0 bridgehead atoms. The van der Waals surface area contributed by atoms with Crippen LogP contribution in [0, 0.1) is 11.8 Å². The SMILES string of the molecule is CCOc1ccc(C2Nc3ccc(C(=O)NCC4CC4)cc3C3NCCC23)cc1. The Morgan fingerprint density at radius 3 is 2.69 bits per heavy atom. The van der Waals surface area contributed by atoms with Gasteiger partial charge in [0.25, 0.3) is 5.91 Å². The van der Waals surface area contributed by atoms with Gasteiger partial charge in [-0.15, -0.1) is 0 Å². The summed E-state index contributed by atoms with van der Waals surface area (Å²) in [6, 6.07) is 15.1. The van der Waals surface area contributed by atoms with Crippen molar-refractivity contribution in [2.45, 2.75) is 38.3 Å². The molecule has 0 aromatic heterocycles. The first-order valence-electron chi connectivity index (χ1n) is 10.9. The number of rotatable bonds is 6. The lowest BCUT2D eigenvalue weighted by Crippen LogP contribution is -2.33. The molecule has 29 heavy (non-hydrogen) atoms. The second-order valence-corrected chi connectivity index (χ2v) is 8.46. The third-order valence-corrected chi connectivity index (χ3v) is 6.46. The van der Waals surface area contributed by atoms with Crippen LogP contribution in [-0.4, -0.2) is 25.6 Å². The van der Waals surface area contributed by atoms with Crippen molar-refractivity contribution in [3.63, 3.8) is 0 Å². The fourth-order valence-electron chi connectivity index (χ4n) is 4.72. The zero-order valence-electron chi connectivity index (χ0n) is 16.9. The molecule has 1 saturated heterocycles. The molecule has 2 aliphatic heterocycles. The molecule has 3 atom stereocenters. The molecule has 152 valence electrons. The molecule has 3 aliphatic rings. The van der Waals surface area contributed by atoms with Crippen LogP contribution in [0.15, 0.2) is 42.5 Å². The summed E-state index contributed by atoms with van der Waals surface area (Å²) in [6.07, 6.45) is 3.61. The molecule has 2 aromatic carbocycles. The first kappa shape index (κ1) is 18.5. The third-order valence-electron chi connectivity index (χ3n) is 6.46. The summed E-state index contributed by atoms with van der Waals surface area (Å²) in [4.78, 5) is 12.6. The smallest absolute Gasteiger partial charge is 0.251 e. The molecule has 2 fully saturated rings. The lowest BCUT2D eigenvalue weighted by molar-refractivity contribution is 0.0951. The lowest BCUT2D eigenvalue weighted by Gasteiger charge is -2.37. The predicted octanol–water partition coefficient (Wildman–Crippen LogP) is 4.04. The van der Waals surface area contributed by atoms with Crippen molar-refractivity contribution < 1.29 is 9.53 Å². The Morgan fingerprint density at radius 1 is 1.10 bits per heavy atom. The number of ether oxygens (including phenoxy) is 1. The second-order valence-electron chi connectivity index (χ2n) is 8.46. The Labute approximate surface area is 172 Å². The van der Waals surface area contributed by atoms with E-state index in [0.29, 0.717) is 18.4 Å². The largest absolute Gasteiger partial charge is 0.494 e. The summed E-state index contributed by atoms with van der Waals surface area (Å²) in [5.41, 5.74) is 4.38. The molecule has 0 spiro atoms. The summed E-state index contributed by atoms with van der Waals surface area (Å²) < 4.78 is 5.59. The quantitative estimate of drug-likeness (QED) is 0.695. The molecule has 2 aromatic rings. The minimum absolute atomic E-state index is 0.0443. The van der Waals surface area contributed by atoms with Crippen LogP contribution in [-0.2, 0) is 0 Å². The summed E-state index contributed by atoms with van der Waals surface area (Å²) in [5, 5.41) is 10.5. The van der Waals surface area contributed by atoms with Crippen molar-refractivity contribution in [2.24, 2.45) is 11.8 Å². The van der Waals surface area contributed by atoms with Crippen molar-refractivity contribution in [3.05, 3.63) is 59.2 Å². The summed E-state index contributed by atoms with van der Waals surface area (Å²) in [7, 11) is 0. The average Bonchev–Trinajstić information content (AvgIpc) is 3.45. The molecule has 5 rings (SSSR count). The average molecular weight is 392 g/mol. The van der Waals surface area contributed by atoms with Crippen LogP contribution in [0.1, 0.15) is 59.8 Å². The monoisotopic (exact) mass is 391 g/mol. The number of carbonyl (C=O) groups is 1. The number of fused-ring (bicyclic) bond motifs is 3. The van der Waals surface area contributed by atoms with Gasteiger partial charge in [-0.25, -0.2) is 0 Å². The number of benzene rings is 2. The van der Waals surface area contributed by atoms with Crippen molar-refractivity contribution in [1.29, 1.82) is 0 Å². The summed E-state index contributed by atoms with van der Waals surface area (Å²) >= 11 is 0. The van der Waals surface area contributed by atoms with Gasteiger partial charge in [0.2, 0.25) is 0 Å². The Bertz CT molecular complexity index is 891. The lowest BCUT2D eigenvalue weighted by atomic mass is 9.80. The van der Waals surface area contributed by atoms with Crippen LogP contribution in [0.25, 0.3) is 0 Å².